The van der Waals surface area contributed by atoms with Gasteiger partial charge in [-0.05, 0) is 61.4 Å². The smallest absolute Gasteiger partial charge is 0.264 e. The highest BCUT2D eigenvalue weighted by atomic mass is 79.9. The zero-order valence-electron chi connectivity index (χ0n) is 18.6. The summed E-state index contributed by atoms with van der Waals surface area (Å²) < 4.78 is 28.6. The monoisotopic (exact) mass is 541 g/mol. The predicted molar refractivity (Wildman–Crippen MR) is 137 cm³/mol. The van der Waals surface area contributed by atoms with Gasteiger partial charge in [-0.3, -0.25) is 13.9 Å². The first-order valence-corrected chi connectivity index (χ1v) is 13.0. The number of halogens is 1. The molecule has 0 atom stereocenters. The van der Waals surface area contributed by atoms with Crippen LogP contribution < -0.4 is 14.5 Å². The summed E-state index contributed by atoms with van der Waals surface area (Å²) in [5.41, 5.74) is 2.54. The lowest BCUT2D eigenvalue weighted by Gasteiger charge is -2.24. The van der Waals surface area contributed by atoms with Crippen LogP contribution in [0.4, 0.5) is 17.1 Å². The van der Waals surface area contributed by atoms with Gasteiger partial charge in [-0.25, -0.2) is 8.42 Å². The molecule has 0 bridgehead atoms. The highest BCUT2D eigenvalue weighted by molar-refractivity contribution is 9.10. The number of nitrogens with zero attached hydrogens (tertiary/aromatic N) is 2. The minimum atomic E-state index is -3.99. The fourth-order valence-corrected chi connectivity index (χ4v) is 5.70. The fourth-order valence-electron chi connectivity index (χ4n) is 3.88. The van der Waals surface area contributed by atoms with Crippen molar-refractivity contribution in [1.29, 1.82) is 0 Å². The predicted octanol–water partition coefficient (Wildman–Crippen LogP) is 4.72. The summed E-state index contributed by atoms with van der Waals surface area (Å²) >= 11 is 3.37. The number of carbonyl (C=O) groups is 2. The second-order valence-corrected chi connectivity index (χ2v) is 10.8. The average molecular weight is 542 g/mol. The molecule has 0 unspecified atom stereocenters. The number of sulfonamides is 1. The standard InChI is InChI=1S/C25H24BrN3O4S/c1-18-12-13-20(16-23(18)28-14-6-11-25(28)31)27-24(30)17-29(21-8-5-7-19(26)15-21)34(32,33)22-9-3-2-4-10-22/h2-5,7-10,12-13,15-16H,6,11,14,17H2,1H3,(H,27,30). The highest BCUT2D eigenvalue weighted by Crippen LogP contribution is 2.29. The third kappa shape index (κ3) is 5.15. The molecule has 4 rings (SSSR count). The Morgan fingerprint density at radius 1 is 1.06 bits per heavy atom. The van der Waals surface area contributed by atoms with Crippen molar-refractivity contribution in [3.8, 4) is 0 Å². The number of nitrogens with one attached hydrogen (secondary N) is 1. The maximum atomic E-state index is 13.4. The largest absolute Gasteiger partial charge is 0.324 e. The van der Waals surface area contributed by atoms with E-state index in [1.54, 1.807) is 59.5 Å². The lowest BCUT2D eigenvalue weighted by atomic mass is 10.1. The third-order valence-corrected chi connectivity index (χ3v) is 7.85. The van der Waals surface area contributed by atoms with Crippen molar-refractivity contribution in [2.24, 2.45) is 0 Å². The van der Waals surface area contributed by atoms with Crippen molar-refractivity contribution in [2.45, 2.75) is 24.7 Å². The first-order chi connectivity index (χ1) is 16.3. The molecule has 1 saturated heterocycles. The first-order valence-electron chi connectivity index (χ1n) is 10.8. The van der Waals surface area contributed by atoms with Crippen LogP contribution in [-0.2, 0) is 19.6 Å². The van der Waals surface area contributed by atoms with Crippen molar-refractivity contribution in [3.63, 3.8) is 0 Å². The molecule has 9 heteroatoms. The molecule has 3 aromatic carbocycles. The molecule has 1 N–H and O–H groups in total. The summed E-state index contributed by atoms with van der Waals surface area (Å²) in [6.45, 7) is 2.14. The average Bonchev–Trinajstić information content (AvgIpc) is 3.25. The van der Waals surface area contributed by atoms with Crippen molar-refractivity contribution in [3.05, 3.63) is 82.8 Å². The fraction of sp³-hybridized carbons (Fsp3) is 0.200. The van der Waals surface area contributed by atoms with Gasteiger partial charge in [0.25, 0.3) is 10.0 Å². The number of anilines is 3. The van der Waals surface area contributed by atoms with E-state index in [9.17, 15) is 18.0 Å². The summed E-state index contributed by atoms with van der Waals surface area (Å²) in [5, 5.41) is 2.79. The minimum absolute atomic E-state index is 0.0568. The second-order valence-electron chi connectivity index (χ2n) is 8.00. The quantitative estimate of drug-likeness (QED) is 0.468. The number of benzene rings is 3. The molecule has 7 nitrogen and oxygen atoms in total. The van der Waals surface area contributed by atoms with E-state index in [1.165, 1.54) is 12.1 Å². The normalized spacial score (nSPS) is 13.7. The number of hydrogen-bond acceptors (Lipinski definition) is 4. The summed E-state index contributed by atoms with van der Waals surface area (Å²) in [7, 11) is -3.99. The van der Waals surface area contributed by atoms with Crippen LogP contribution in [0.5, 0.6) is 0 Å². The van der Waals surface area contributed by atoms with Crippen molar-refractivity contribution in [2.75, 3.05) is 27.6 Å². The maximum absolute atomic E-state index is 13.4. The van der Waals surface area contributed by atoms with E-state index in [1.807, 2.05) is 13.0 Å². The number of rotatable bonds is 7. The van der Waals surface area contributed by atoms with Crippen LogP contribution in [0.2, 0.25) is 0 Å². The molecule has 176 valence electrons. The lowest BCUT2D eigenvalue weighted by Crippen LogP contribution is -2.38. The van der Waals surface area contributed by atoms with Crippen LogP contribution in [0.25, 0.3) is 0 Å². The Balaban J connectivity index is 1.61. The van der Waals surface area contributed by atoms with Crippen LogP contribution in [0, 0.1) is 6.92 Å². The lowest BCUT2D eigenvalue weighted by molar-refractivity contribution is -0.117. The van der Waals surface area contributed by atoms with Crippen LogP contribution in [-0.4, -0.2) is 33.3 Å². The van der Waals surface area contributed by atoms with Crippen molar-refractivity contribution >= 4 is 54.8 Å². The molecule has 1 fully saturated rings. The molecule has 0 saturated carbocycles. The molecule has 34 heavy (non-hydrogen) atoms. The van der Waals surface area contributed by atoms with Gasteiger partial charge in [0.15, 0.2) is 0 Å². The molecule has 0 radical (unpaired) electrons. The Hall–Kier alpha value is -3.17. The van der Waals surface area contributed by atoms with Gasteiger partial charge in [0.1, 0.15) is 6.54 Å². The number of amides is 2. The Morgan fingerprint density at radius 2 is 1.82 bits per heavy atom. The molecular formula is C25H24BrN3O4S. The van der Waals surface area contributed by atoms with E-state index in [0.29, 0.717) is 28.8 Å². The van der Waals surface area contributed by atoms with Crippen molar-refractivity contribution < 1.29 is 18.0 Å². The van der Waals surface area contributed by atoms with E-state index in [-0.39, 0.29) is 10.8 Å². The summed E-state index contributed by atoms with van der Waals surface area (Å²) in [5.74, 6) is -0.441. The molecule has 3 aromatic rings. The van der Waals surface area contributed by atoms with Gasteiger partial charge in [0, 0.05) is 28.8 Å². The third-order valence-electron chi connectivity index (χ3n) is 5.57. The SMILES string of the molecule is Cc1ccc(NC(=O)CN(c2cccc(Br)c2)S(=O)(=O)c2ccccc2)cc1N1CCCC1=O. The molecule has 2 amide bonds. The minimum Gasteiger partial charge on any atom is -0.324 e. The van der Waals surface area contributed by atoms with Gasteiger partial charge < -0.3 is 10.2 Å². The van der Waals surface area contributed by atoms with E-state index in [0.717, 1.165) is 22.0 Å². The second kappa shape index (κ2) is 9.99. The van der Waals surface area contributed by atoms with Gasteiger partial charge in [0.2, 0.25) is 11.8 Å². The molecule has 0 spiro atoms. The first kappa shape index (κ1) is 24.0. The highest BCUT2D eigenvalue weighted by Gasteiger charge is 2.28. The van der Waals surface area contributed by atoms with Crippen molar-refractivity contribution in [1.82, 2.24) is 0 Å². The van der Waals surface area contributed by atoms with Gasteiger partial charge >= 0.3 is 0 Å². The Bertz CT molecular complexity index is 1330. The topological polar surface area (TPSA) is 86.8 Å². The maximum Gasteiger partial charge on any atom is 0.264 e. The van der Waals surface area contributed by atoms with Gasteiger partial charge in [-0.1, -0.05) is 46.3 Å². The molecular weight excluding hydrogens is 518 g/mol. The van der Waals surface area contributed by atoms with E-state index in [2.05, 4.69) is 21.2 Å². The van der Waals surface area contributed by atoms with Crippen LogP contribution >= 0.6 is 15.9 Å². The van der Waals surface area contributed by atoms with Crippen LogP contribution in [0.15, 0.2) is 82.2 Å². The Kier molecular flexibility index (Phi) is 7.04. The van der Waals surface area contributed by atoms with Gasteiger partial charge in [-0.15, -0.1) is 0 Å². The Labute approximate surface area is 207 Å². The van der Waals surface area contributed by atoms with E-state index in [4.69, 9.17) is 0 Å². The number of carbonyl (C=O) groups excluding carboxylic acids is 2. The van der Waals surface area contributed by atoms with Gasteiger partial charge in [-0.2, -0.15) is 0 Å². The van der Waals surface area contributed by atoms with Crippen LogP contribution in [0.1, 0.15) is 18.4 Å². The molecule has 0 aromatic heterocycles. The Morgan fingerprint density at radius 3 is 2.50 bits per heavy atom. The molecule has 0 aliphatic carbocycles. The number of aryl methyl sites for hydroxylation is 1. The molecule has 1 heterocycles. The molecule has 1 aliphatic rings. The summed E-state index contributed by atoms with van der Waals surface area (Å²) in [6.07, 6.45) is 1.31. The number of hydrogen-bond donors (Lipinski definition) is 1. The van der Waals surface area contributed by atoms with E-state index < -0.39 is 22.5 Å². The summed E-state index contributed by atoms with van der Waals surface area (Å²) in [6, 6.07) is 20.1. The summed E-state index contributed by atoms with van der Waals surface area (Å²) in [4.78, 5) is 27.0. The zero-order chi connectivity index (χ0) is 24.3. The zero-order valence-corrected chi connectivity index (χ0v) is 21.0. The molecule has 1 aliphatic heterocycles. The van der Waals surface area contributed by atoms with E-state index >= 15 is 0 Å². The van der Waals surface area contributed by atoms with Gasteiger partial charge in [0.05, 0.1) is 10.6 Å². The van der Waals surface area contributed by atoms with Crippen LogP contribution in [0.3, 0.4) is 0 Å².